The van der Waals surface area contributed by atoms with Gasteiger partial charge in [0.05, 0.1) is 24.6 Å². The number of esters is 2. The highest BCUT2D eigenvalue weighted by Gasteiger charge is 2.24. The Labute approximate surface area is 240 Å². The smallest absolute Gasteiger partial charge is 0.347 e. The molecule has 0 saturated heterocycles. The molecule has 8 nitrogen and oxygen atoms in total. The third-order valence-corrected chi connectivity index (χ3v) is 8.53. The van der Waals surface area contributed by atoms with Gasteiger partial charge in [-0.15, -0.1) is 0 Å². The Morgan fingerprint density at radius 1 is 0.718 bits per heavy atom. The average molecular weight is 581 g/mol. The Bertz CT molecular complexity index is 1380. The van der Waals surface area contributed by atoms with Crippen molar-refractivity contribution in [3.63, 3.8) is 0 Å². The molecular weight excluding hydrogens is 553 g/mol. The van der Waals surface area contributed by atoms with E-state index in [2.05, 4.69) is 0 Å². The molecule has 0 fully saturated rings. The van der Waals surface area contributed by atoms with Crippen molar-refractivity contribution < 1.29 is 19.1 Å². The highest BCUT2D eigenvalue weighted by Crippen LogP contribution is 2.43. The zero-order valence-electron chi connectivity index (χ0n) is 21.9. The van der Waals surface area contributed by atoms with Crippen LogP contribution in [0.25, 0.3) is 11.4 Å². The van der Waals surface area contributed by atoms with Crippen LogP contribution in [0.1, 0.15) is 36.1 Å². The van der Waals surface area contributed by atoms with Gasteiger partial charge in [-0.25, -0.2) is 9.59 Å². The number of benzene rings is 2. The summed E-state index contributed by atoms with van der Waals surface area (Å²) >= 11 is 0.733. The van der Waals surface area contributed by atoms with Gasteiger partial charge in [0, 0.05) is 0 Å². The highest BCUT2D eigenvalue weighted by atomic mass is 33.1. The lowest BCUT2D eigenvalue weighted by atomic mass is 10.1. The molecule has 39 heavy (non-hydrogen) atoms. The maximum absolute atomic E-state index is 12.8. The van der Waals surface area contributed by atoms with Gasteiger partial charge in [0.1, 0.15) is 31.8 Å². The lowest BCUT2D eigenvalue weighted by Gasteiger charge is -2.13. The SMILES string of the molecule is CCOC(=O)/C(SS/C(C#N)=C(/C#N)S/C(C(=O)OCC)=C(/N)c1ccc(C)cc1)=C(\N)c1ccc(C)cc1. The number of ether oxygens (including phenoxy) is 2. The molecule has 0 spiro atoms. The normalized spacial score (nSPS) is 12.7. The van der Waals surface area contributed by atoms with Gasteiger partial charge in [-0.2, -0.15) is 10.5 Å². The van der Waals surface area contributed by atoms with Crippen LogP contribution in [0.4, 0.5) is 0 Å². The Morgan fingerprint density at radius 3 is 1.54 bits per heavy atom. The zero-order chi connectivity index (χ0) is 28.9. The first kappa shape index (κ1) is 31.4. The number of hydrogen-bond acceptors (Lipinski definition) is 11. The van der Waals surface area contributed by atoms with Crippen molar-refractivity contribution in [1.29, 1.82) is 10.5 Å². The van der Waals surface area contributed by atoms with E-state index in [0.29, 0.717) is 11.1 Å². The second kappa shape index (κ2) is 15.6. The summed E-state index contributed by atoms with van der Waals surface area (Å²) in [5.41, 5.74) is 16.1. The molecule has 11 heteroatoms. The zero-order valence-corrected chi connectivity index (χ0v) is 24.4. The molecule has 0 bridgehead atoms. The Hall–Kier alpha value is -3.77. The first-order valence-corrected chi connectivity index (χ1v) is 14.7. The predicted octanol–water partition coefficient (Wildman–Crippen LogP) is 5.76. The molecule has 0 unspecified atom stereocenters. The number of aryl methyl sites for hydroxylation is 2. The molecule has 0 heterocycles. The number of nitrogens with two attached hydrogens (primary N) is 2. The molecule has 0 amide bonds. The first-order valence-electron chi connectivity index (χ1n) is 11.7. The van der Waals surface area contributed by atoms with Crippen LogP contribution in [0.2, 0.25) is 0 Å². The number of rotatable bonds is 11. The molecule has 0 aromatic heterocycles. The summed E-state index contributed by atoms with van der Waals surface area (Å²) in [6.07, 6.45) is 0. The van der Waals surface area contributed by atoms with Gasteiger partial charge in [-0.3, -0.25) is 0 Å². The molecule has 0 atom stereocenters. The summed E-state index contributed by atoms with van der Waals surface area (Å²) in [5, 5.41) is 19.8. The topological polar surface area (TPSA) is 152 Å². The van der Waals surface area contributed by atoms with Crippen molar-refractivity contribution in [1.82, 2.24) is 0 Å². The number of nitriles is 2. The summed E-state index contributed by atoms with van der Waals surface area (Å²) in [5.74, 6) is -1.38. The fraction of sp³-hybridized carbons (Fsp3) is 0.214. The Kier molecular flexibility index (Phi) is 12.6. The minimum absolute atomic E-state index is 0.0315. The van der Waals surface area contributed by atoms with Gasteiger partial charge < -0.3 is 20.9 Å². The van der Waals surface area contributed by atoms with Crippen molar-refractivity contribution in [3.8, 4) is 12.1 Å². The van der Waals surface area contributed by atoms with Crippen LogP contribution in [0.3, 0.4) is 0 Å². The maximum Gasteiger partial charge on any atom is 0.347 e. The number of nitrogens with zero attached hydrogens (tertiary/aromatic N) is 2. The Balaban J connectivity index is 2.50. The van der Waals surface area contributed by atoms with Crippen molar-refractivity contribution in [2.24, 2.45) is 11.5 Å². The monoisotopic (exact) mass is 580 g/mol. The molecular formula is C28H28N4O4S3. The Morgan fingerprint density at radius 2 is 1.13 bits per heavy atom. The number of allylic oxidation sites excluding steroid dienone is 2. The van der Waals surface area contributed by atoms with E-state index in [-0.39, 0.29) is 44.2 Å². The van der Waals surface area contributed by atoms with E-state index in [4.69, 9.17) is 20.9 Å². The van der Waals surface area contributed by atoms with Gasteiger partial charge >= 0.3 is 11.9 Å². The van der Waals surface area contributed by atoms with Crippen molar-refractivity contribution in [2.75, 3.05) is 13.2 Å². The van der Waals surface area contributed by atoms with E-state index in [1.54, 1.807) is 38.1 Å². The molecule has 0 aliphatic rings. The van der Waals surface area contributed by atoms with E-state index >= 15 is 0 Å². The largest absolute Gasteiger partial charge is 0.462 e. The van der Waals surface area contributed by atoms with E-state index in [1.165, 1.54) is 0 Å². The maximum atomic E-state index is 12.8. The molecule has 0 aliphatic carbocycles. The van der Waals surface area contributed by atoms with E-state index in [0.717, 1.165) is 44.5 Å². The predicted molar refractivity (Wildman–Crippen MR) is 159 cm³/mol. The lowest BCUT2D eigenvalue weighted by Crippen LogP contribution is -2.12. The molecule has 4 N–H and O–H groups in total. The summed E-state index contributed by atoms with van der Waals surface area (Å²) in [6, 6.07) is 18.4. The number of carbonyl (C=O) groups excluding carboxylic acids is 2. The molecule has 202 valence electrons. The third kappa shape index (κ3) is 8.89. The van der Waals surface area contributed by atoms with Crippen LogP contribution in [0.5, 0.6) is 0 Å². The van der Waals surface area contributed by atoms with Crippen LogP contribution < -0.4 is 11.5 Å². The summed E-state index contributed by atoms with van der Waals surface area (Å²) < 4.78 is 10.3. The van der Waals surface area contributed by atoms with Crippen LogP contribution in [0.15, 0.2) is 68.2 Å². The molecule has 2 aromatic rings. The van der Waals surface area contributed by atoms with Gasteiger partial charge in [0.25, 0.3) is 0 Å². The highest BCUT2D eigenvalue weighted by molar-refractivity contribution is 8.80. The van der Waals surface area contributed by atoms with Gasteiger partial charge in [0.15, 0.2) is 0 Å². The van der Waals surface area contributed by atoms with E-state index in [1.807, 2.05) is 50.3 Å². The van der Waals surface area contributed by atoms with Crippen LogP contribution in [-0.4, -0.2) is 25.2 Å². The van der Waals surface area contributed by atoms with Crippen LogP contribution in [0, 0.1) is 36.5 Å². The van der Waals surface area contributed by atoms with Crippen molar-refractivity contribution >= 4 is 56.7 Å². The fourth-order valence-corrected chi connectivity index (χ4v) is 6.09. The van der Waals surface area contributed by atoms with Gasteiger partial charge in [0.2, 0.25) is 0 Å². The quantitative estimate of drug-likeness (QED) is 0.144. The van der Waals surface area contributed by atoms with E-state index in [9.17, 15) is 20.1 Å². The molecule has 0 radical (unpaired) electrons. The third-order valence-electron chi connectivity index (χ3n) is 4.96. The number of hydrogen-bond donors (Lipinski definition) is 2. The standard InChI is InChI=1S/C28H28N4O4S3/c1-5-35-27(33)25(23(31)19-11-7-17(3)8-12-19)37-21(15-29)22(16-30)38-39-26(28(34)36-6-2)24(32)20-13-9-18(4)10-14-20/h7-14H,5-6,31-32H2,1-4H3/b22-21-,25-23+,26-24+. The second-order valence-corrected chi connectivity index (χ2v) is 11.0. The first-order chi connectivity index (χ1) is 18.7. The summed E-state index contributed by atoms with van der Waals surface area (Å²) in [6.45, 7) is 7.38. The van der Waals surface area contributed by atoms with Crippen LogP contribution >= 0.6 is 33.3 Å². The molecule has 0 saturated carbocycles. The summed E-state index contributed by atoms with van der Waals surface area (Å²) in [4.78, 5) is 25.4. The lowest BCUT2D eigenvalue weighted by molar-refractivity contribution is -0.138. The summed E-state index contributed by atoms with van der Waals surface area (Å²) in [7, 11) is 1.75. The molecule has 2 aromatic carbocycles. The minimum atomic E-state index is -0.723. The second-order valence-electron chi connectivity index (χ2n) is 7.81. The van der Waals surface area contributed by atoms with Crippen molar-refractivity contribution in [2.45, 2.75) is 27.7 Å². The van der Waals surface area contributed by atoms with Crippen LogP contribution in [-0.2, 0) is 19.1 Å². The number of thioether (sulfide) groups is 1. The van der Waals surface area contributed by atoms with Gasteiger partial charge in [-0.1, -0.05) is 71.4 Å². The van der Waals surface area contributed by atoms with E-state index < -0.39 is 11.9 Å². The average Bonchev–Trinajstić information content (AvgIpc) is 2.92. The fourth-order valence-electron chi connectivity index (χ4n) is 2.93. The number of carbonyl (C=O) groups is 2. The van der Waals surface area contributed by atoms with Crippen molar-refractivity contribution in [3.05, 3.63) is 90.4 Å². The minimum Gasteiger partial charge on any atom is -0.462 e. The van der Waals surface area contributed by atoms with Gasteiger partial charge in [-0.05, 0) is 60.4 Å². The molecule has 2 rings (SSSR count). The molecule has 0 aliphatic heterocycles.